The van der Waals surface area contributed by atoms with Crippen molar-refractivity contribution in [3.05, 3.63) is 35.8 Å². The van der Waals surface area contributed by atoms with Crippen LogP contribution < -0.4 is 5.32 Å². The Balaban J connectivity index is 1.68. The Morgan fingerprint density at radius 2 is 2.25 bits per heavy atom. The summed E-state index contributed by atoms with van der Waals surface area (Å²) in [5.41, 5.74) is 0.844. The van der Waals surface area contributed by atoms with E-state index < -0.39 is 5.82 Å². The minimum absolute atomic E-state index is 0.0118. The van der Waals surface area contributed by atoms with Crippen LogP contribution in [0.2, 0.25) is 0 Å². The molecular formula is C15H16FNO3. The lowest BCUT2D eigenvalue weighted by Gasteiger charge is -2.11. The molecule has 1 aliphatic carbocycles. The number of benzene rings is 1. The van der Waals surface area contributed by atoms with Gasteiger partial charge in [0, 0.05) is 18.5 Å². The Kier molecular flexibility index (Phi) is 3.22. The molecule has 1 heterocycles. The van der Waals surface area contributed by atoms with Gasteiger partial charge in [0.25, 0.3) is 5.91 Å². The van der Waals surface area contributed by atoms with E-state index in [2.05, 4.69) is 5.32 Å². The Bertz CT molecular complexity index is 646. The Hall–Kier alpha value is -1.88. The molecule has 1 fully saturated rings. The van der Waals surface area contributed by atoms with Gasteiger partial charge in [-0.2, -0.15) is 0 Å². The van der Waals surface area contributed by atoms with Gasteiger partial charge >= 0.3 is 0 Å². The van der Waals surface area contributed by atoms with Gasteiger partial charge in [-0.25, -0.2) is 4.39 Å². The lowest BCUT2D eigenvalue weighted by molar-refractivity contribution is 0.0948. The summed E-state index contributed by atoms with van der Waals surface area (Å²) in [7, 11) is 0. The van der Waals surface area contributed by atoms with Crippen molar-refractivity contribution in [2.24, 2.45) is 5.41 Å². The number of hydrogen-bond acceptors (Lipinski definition) is 3. The van der Waals surface area contributed by atoms with Gasteiger partial charge < -0.3 is 14.8 Å². The number of amides is 1. The Labute approximate surface area is 115 Å². The highest BCUT2D eigenvalue weighted by Gasteiger charge is 2.41. The SMILES string of the molecule is O=C(NCCC1(CO)CC1)c1coc2ccc(F)cc12. The molecule has 0 bridgehead atoms. The van der Waals surface area contributed by atoms with Crippen LogP contribution in [0.4, 0.5) is 4.39 Å². The highest BCUT2D eigenvalue weighted by Crippen LogP contribution is 2.47. The second-order valence-corrected chi connectivity index (χ2v) is 5.45. The number of aliphatic hydroxyl groups excluding tert-OH is 1. The summed E-state index contributed by atoms with van der Waals surface area (Å²) in [5.74, 6) is -0.673. The third kappa shape index (κ3) is 2.41. The van der Waals surface area contributed by atoms with Crippen LogP contribution in [-0.4, -0.2) is 24.2 Å². The van der Waals surface area contributed by atoms with Crippen molar-refractivity contribution in [3.63, 3.8) is 0 Å². The first-order chi connectivity index (χ1) is 9.63. The van der Waals surface area contributed by atoms with Crippen molar-refractivity contribution < 1.29 is 18.7 Å². The number of halogens is 1. The van der Waals surface area contributed by atoms with Crippen LogP contribution in [0, 0.1) is 11.2 Å². The van der Waals surface area contributed by atoms with Crippen molar-refractivity contribution in [2.75, 3.05) is 13.2 Å². The first-order valence-electron chi connectivity index (χ1n) is 6.69. The van der Waals surface area contributed by atoms with Gasteiger partial charge in [0.05, 0.1) is 5.56 Å². The molecule has 1 amide bonds. The van der Waals surface area contributed by atoms with E-state index in [1.165, 1.54) is 24.5 Å². The first kappa shape index (κ1) is 13.1. The van der Waals surface area contributed by atoms with Gasteiger partial charge in [-0.15, -0.1) is 0 Å². The Morgan fingerprint density at radius 1 is 1.45 bits per heavy atom. The molecule has 0 saturated heterocycles. The molecule has 20 heavy (non-hydrogen) atoms. The zero-order valence-electron chi connectivity index (χ0n) is 11.0. The van der Waals surface area contributed by atoms with Crippen LogP contribution in [0.3, 0.4) is 0 Å². The summed E-state index contributed by atoms with van der Waals surface area (Å²) < 4.78 is 18.5. The van der Waals surface area contributed by atoms with Crippen LogP contribution in [0.1, 0.15) is 29.6 Å². The largest absolute Gasteiger partial charge is 0.463 e. The predicted octanol–water partition coefficient (Wildman–Crippen LogP) is 2.46. The minimum atomic E-state index is -0.398. The molecule has 2 N–H and O–H groups in total. The molecule has 1 aromatic carbocycles. The van der Waals surface area contributed by atoms with E-state index >= 15 is 0 Å². The van der Waals surface area contributed by atoms with Crippen LogP contribution in [0.25, 0.3) is 11.0 Å². The number of carbonyl (C=O) groups excluding carboxylic acids is 1. The van der Waals surface area contributed by atoms with Gasteiger partial charge in [-0.05, 0) is 42.9 Å². The highest BCUT2D eigenvalue weighted by molar-refractivity contribution is 6.05. The van der Waals surface area contributed by atoms with Crippen molar-refractivity contribution in [3.8, 4) is 0 Å². The molecule has 3 rings (SSSR count). The van der Waals surface area contributed by atoms with E-state index in [1.807, 2.05) is 0 Å². The number of fused-ring (bicyclic) bond motifs is 1. The number of hydrogen-bond donors (Lipinski definition) is 2. The summed E-state index contributed by atoms with van der Waals surface area (Å²) in [6.45, 7) is 0.671. The van der Waals surface area contributed by atoms with Crippen molar-refractivity contribution in [1.29, 1.82) is 0 Å². The topological polar surface area (TPSA) is 62.5 Å². The van der Waals surface area contributed by atoms with Gasteiger partial charge in [-0.1, -0.05) is 0 Å². The lowest BCUT2D eigenvalue weighted by atomic mass is 10.0. The van der Waals surface area contributed by atoms with E-state index in [1.54, 1.807) is 0 Å². The fourth-order valence-corrected chi connectivity index (χ4v) is 2.38. The number of rotatable bonds is 5. The van der Waals surface area contributed by atoms with E-state index in [0.29, 0.717) is 23.1 Å². The molecule has 106 valence electrons. The molecule has 1 aliphatic rings. The second kappa shape index (κ2) is 4.90. The van der Waals surface area contributed by atoms with Crippen LogP contribution >= 0.6 is 0 Å². The highest BCUT2D eigenvalue weighted by atomic mass is 19.1. The van der Waals surface area contributed by atoms with Crippen LogP contribution in [-0.2, 0) is 0 Å². The van der Waals surface area contributed by atoms with Gasteiger partial charge in [-0.3, -0.25) is 4.79 Å². The molecule has 0 atom stereocenters. The third-order valence-electron chi connectivity index (χ3n) is 4.01. The zero-order chi connectivity index (χ0) is 14.2. The lowest BCUT2D eigenvalue weighted by Crippen LogP contribution is -2.26. The molecule has 4 nitrogen and oxygen atoms in total. The van der Waals surface area contributed by atoms with E-state index in [0.717, 1.165) is 19.3 Å². The summed E-state index contributed by atoms with van der Waals surface area (Å²) >= 11 is 0. The second-order valence-electron chi connectivity index (χ2n) is 5.45. The summed E-state index contributed by atoms with van der Waals surface area (Å²) in [6.07, 6.45) is 4.14. The van der Waals surface area contributed by atoms with E-state index in [9.17, 15) is 14.3 Å². The summed E-state index contributed by atoms with van der Waals surface area (Å²) in [6, 6.07) is 4.10. The van der Waals surface area contributed by atoms with Crippen molar-refractivity contribution in [1.82, 2.24) is 5.32 Å². The van der Waals surface area contributed by atoms with Crippen molar-refractivity contribution >= 4 is 16.9 Å². The normalized spacial score (nSPS) is 16.3. The zero-order valence-corrected chi connectivity index (χ0v) is 11.0. The molecular weight excluding hydrogens is 261 g/mol. The van der Waals surface area contributed by atoms with Gasteiger partial charge in [0.1, 0.15) is 17.7 Å². The molecule has 1 saturated carbocycles. The first-order valence-corrected chi connectivity index (χ1v) is 6.69. The third-order valence-corrected chi connectivity index (χ3v) is 4.01. The molecule has 2 aromatic rings. The monoisotopic (exact) mass is 277 g/mol. The average Bonchev–Trinajstić information content (AvgIpc) is 3.10. The molecule has 0 radical (unpaired) electrons. The molecule has 1 aromatic heterocycles. The number of nitrogens with one attached hydrogen (secondary N) is 1. The summed E-state index contributed by atoms with van der Waals surface area (Å²) in [4.78, 5) is 12.1. The van der Waals surface area contributed by atoms with Gasteiger partial charge in [0.2, 0.25) is 0 Å². The fourth-order valence-electron chi connectivity index (χ4n) is 2.38. The fraction of sp³-hybridized carbons (Fsp3) is 0.400. The smallest absolute Gasteiger partial charge is 0.255 e. The number of carbonyl (C=O) groups is 1. The van der Waals surface area contributed by atoms with Crippen molar-refractivity contribution in [2.45, 2.75) is 19.3 Å². The van der Waals surface area contributed by atoms with E-state index in [-0.39, 0.29) is 17.9 Å². The van der Waals surface area contributed by atoms with E-state index in [4.69, 9.17) is 4.42 Å². The molecule has 5 heteroatoms. The predicted molar refractivity (Wildman–Crippen MR) is 71.9 cm³/mol. The van der Waals surface area contributed by atoms with Crippen LogP contribution in [0.5, 0.6) is 0 Å². The number of furan rings is 1. The maximum atomic E-state index is 13.2. The molecule has 0 spiro atoms. The quantitative estimate of drug-likeness (QED) is 0.882. The Morgan fingerprint density at radius 3 is 2.95 bits per heavy atom. The number of aliphatic hydroxyl groups is 1. The van der Waals surface area contributed by atoms with Crippen LogP contribution in [0.15, 0.2) is 28.9 Å². The molecule has 0 unspecified atom stereocenters. The summed E-state index contributed by atoms with van der Waals surface area (Å²) in [5, 5.41) is 12.5. The average molecular weight is 277 g/mol. The minimum Gasteiger partial charge on any atom is -0.463 e. The maximum Gasteiger partial charge on any atom is 0.255 e. The standard InChI is InChI=1S/C15H16FNO3/c16-10-1-2-13-11(7-10)12(8-20-13)14(19)17-6-5-15(9-18)3-4-15/h1-2,7-8,18H,3-6,9H2,(H,17,19). The maximum absolute atomic E-state index is 13.2. The van der Waals surface area contributed by atoms with Gasteiger partial charge in [0.15, 0.2) is 0 Å². The molecule has 0 aliphatic heterocycles.